The Hall–Kier alpha value is -1.44. The molecule has 23 heavy (non-hydrogen) atoms. The van der Waals surface area contributed by atoms with E-state index in [0.717, 1.165) is 24.9 Å². The van der Waals surface area contributed by atoms with Crippen molar-refractivity contribution in [1.82, 2.24) is 10.2 Å². The summed E-state index contributed by atoms with van der Waals surface area (Å²) in [5.41, 5.74) is 1.10. The van der Waals surface area contributed by atoms with Gasteiger partial charge < -0.3 is 10.1 Å². The van der Waals surface area contributed by atoms with Crippen LogP contribution in [0.15, 0.2) is 30.3 Å². The molecule has 0 aliphatic carbocycles. The SMILES string of the molecule is C[C@H](C(=O)NC[C@H](c1ccccc1)N1CCOCC1)S(C)(=O)=O. The number of rotatable bonds is 6. The molecule has 2 atom stereocenters. The van der Waals surface area contributed by atoms with Crippen molar-refractivity contribution in [2.75, 3.05) is 39.1 Å². The van der Waals surface area contributed by atoms with E-state index >= 15 is 0 Å². The van der Waals surface area contributed by atoms with E-state index in [4.69, 9.17) is 4.74 Å². The second kappa shape index (κ2) is 7.90. The van der Waals surface area contributed by atoms with E-state index in [9.17, 15) is 13.2 Å². The number of amides is 1. The number of carbonyl (C=O) groups is 1. The van der Waals surface area contributed by atoms with Crippen LogP contribution in [0.5, 0.6) is 0 Å². The normalized spacial score (nSPS) is 19.0. The molecule has 0 aromatic heterocycles. The summed E-state index contributed by atoms with van der Waals surface area (Å²) >= 11 is 0. The first-order chi connectivity index (χ1) is 10.9. The van der Waals surface area contributed by atoms with Crippen molar-refractivity contribution in [3.8, 4) is 0 Å². The molecule has 0 bridgehead atoms. The van der Waals surface area contributed by atoms with Gasteiger partial charge in [0.15, 0.2) is 9.84 Å². The van der Waals surface area contributed by atoms with Gasteiger partial charge in [-0.1, -0.05) is 30.3 Å². The van der Waals surface area contributed by atoms with Crippen molar-refractivity contribution >= 4 is 15.7 Å². The van der Waals surface area contributed by atoms with Gasteiger partial charge >= 0.3 is 0 Å². The number of ether oxygens (including phenoxy) is 1. The van der Waals surface area contributed by atoms with E-state index in [1.54, 1.807) is 0 Å². The maximum Gasteiger partial charge on any atom is 0.238 e. The highest BCUT2D eigenvalue weighted by atomic mass is 32.2. The molecule has 0 saturated carbocycles. The first kappa shape index (κ1) is 17.9. The van der Waals surface area contributed by atoms with Gasteiger partial charge in [0, 0.05) is 25.9 Å². The van der Waals surface area contributed by atoms with Crippen LogP contribution in [-0.2, 0) is 19.4 Å². The summed E-state index contributed by atoms with van der Waals surface area (Å²) in [5.74, 6) is -0.457. The standard InChI is InChI=1S/C16H24N2O4S/c1-13(23(2,20)21)16(19)17-12-15(14-6-4-3-5-7-14)18-8-10-22-11-9-18/h3-7,13,15H,8-12H2,1-2H3,(H,17,19)/t13-,15-/m1/s1. The Bertz CT molecular complexity index is 612. The largest absolute Gasteiger partial charge is 0.379 e. The summed E-state index contributed by atoms with van der Waals surface area (Å²) in [6.07, 6.45) is 1.08. The Morgan fingerprint density at radius 2 is 1.87 bits per heavy atom. The number of morpholine rings is 1. The lowest BCUT2D eigenvalue weighted by molar-refractivity contribution is -0.120. The zero-order valence-electron chi connectivity index (χ0n) is 13.6. The summed E-state index contributed by atoms with van der Waals surface area (Å²) < 4.78 is 28.4. The number of hydrogen-bond donors (Lipinski definition) is 1. The fourth-order valence-corrected chi connectivity index (χ4v) is 3.03. The average Bonchev–Trinajstić information content (AvgIpc) is 2.55. The maximum absolute atomic E-state index is 12.1. The lowest BCUT2D eigenvalue weighted by Gasteiger charge is -2.35. The van der Waals surface area contributed by atoms with E-state index < -0.39 is 21.0 Å². The van der Waals surface area contributed by atoms with Crippen LogP contribution in [0.25, 0.3) is 0 Å². The van der Waals surface area contributed by atoms with Gasteiger partial charge in [-0.15, -0.1) is 0 Å². The Morgan fingerprint density at radius 3 is 2.43 bits per heavy atom. The minimum Gasteiger partial charge on any atom is -0.379 e. The van der Waals surface area contributed by atoms with Crippen molar-refractivity contribution in [3.63, 3.8) is 0 Å². The summed E-state index contributed by atoms with van der Waals surface area (Å²) in [5, 5.41) is 1.75. The Labute approximate surface area is 137 Å². The monoisotopic (exact) mass is 340 g/mol. The predicted molar refractivity (Wildman–Crippen MR) is 88.9 cm³/mol. The number of carbonyl (C=O) groups excluding carboxylic acids is 1. The second-order valence-corrected chi connectivity index (χ2v) is 8.16. The zero-order valence-corrected chi connectivity index (χ0v) is 14.4. The van der Waals surface area contributed by atoms with Crippen LogP contribution in [0, 0.1) is 0 Å². The van der Waals surface area contributed by atoms with Crippen molar-refractivity contribution in [1.29, 1.82) is 0 Å². The molecule has 0 radical (unpaired) electrons. The number of benzene rings is 1. The number of nitrogens with zero attached hydrogens (tertiary/aromatic N) is 1. The molecular formula is C16H24N2O4S. The fourth-order valence-electron chi connectivity index (χ4n) is 2.56. The lowest BCUT2D eigenvalue weighted by atomic mass is 10.0. The quantitative estimate of drug-likeness (QED) is 0.821. The van der Waals surface area contributed by atoms with Crippen molar-refractivity contribution in [3.05, 3.63) is 35.9 Å². The van der Waals surface area contributed by atoms with Gasteiger partial charge in [-0.3, -0.25) is 9.69 Å². The topological polar surface area (TPSA) is 75.7 Å². The molecule has 1 saturated heterocycles. The minimum absolute atomic E-state index is 0.0100. The van der Waals surface area contributed by atoms with Gasteiger partial charge in [-0.2, -0.15) is 0 Å². The molecule has 1 aromatic carbocycles. The minimum atomic E-state index is -3.39. The van der Waals surface area contributed by atoms with Gasteiger partial charge in [0.25, 0.3) is 0 Å². The molecular weight excluding hydrogens is 316 g/mol. The van der Waals surface area contributed by atoms with E-state index in [1.807, 2.05) is 30.3 Å². The number of hydrogen-bond acceptors (Lipinski definition) is 5. The van der Waals surface area contributed by atoms with E-state index in [1.165, 1.54) is 6.92 Å². The Kier molecular flexibility index (Phi) is 6.15. The van der Waals surface area contributed by atoms with Crippen molar-refractivity contribution < 1.29 is 17.9 Å². The first-order valence-corrected chi connectivity index (χ1v) is 9.68. The number of sulfone groups is 1. The van der Waals surface area contributed by atoms with Crippen LogP contribution in [-0.4, -0.2) is 63.6 Å². The summed E-state index contributed by atoms with van der Waals surface area (Å²) in [7, 11) is -3.39. The molecule has 0 unspecified atom stereocenters. The lowest BCUT2D eigenvalue weighted by Crippen LogP contribution is -2.46. The first-order valence-electron chi connectivity index (χ1n) is 7.73. The maximum atomic E-state index is 12.1. The van der Waals surface area contributed by atoms with Gasteiger partial charge in [-0.25, -0.2) is 8.42 Å². The van der Waals surface area contributed by atoms with E-state index in [2.05, 4.69) is 10.2 Å². The van der Waals surface area contributed by atoms with Crippen molar-refractivity contribution in [2.24, 2.45) is 0 Å². The molecule has 1 aromatic rings. The molecule has 6 nitrogen and oxygen atoms in total. The number of nitrogens with one attached hydrogen (secondary N) is 1. The Balaban J connectivity index is 2.07. The van der Waals surface area contributed by atoms with Gasteiger partial charge in [-0.05, 0) is 12.5 Å². The molecule has 128 valence electrons. The van der Waals surface area contributed by atoms with Crippen LogP contribution >= 0.6 is 0 Å². The van der Waals surface area contributed by atoms with Gasteiger partial charge in [0.1, 0.15) is 5.25 Å². The molecule has 2 rings (SSSR count). The van der Waals surface area contributed by atoms with Crippen LogP contribution in [0.1, 0.15) is 18.5 Å². The van der Waals surface area contributed by atoms with Crippen LogP contribution < -0.4 is 5.32 Å². The third kappa shape index (κ3) is 5.02. The fraction of sp³-hybridized carbons (Fsp3) is 0.562. The summed E-state index contributed by atoms with van der Waals surface area (Å²) in [4.78, 5) is 14.3. The van der Waals surface area contributed by atoms with E-state index in [-0.39, 0.29) is 6.04 Å². The van der Waals surface area contributed by atoms with E-state index in [0.29, 0.717) is 19.8 Å². The molecule has 7 heteroatoms. The molecule has 1 heterocycles. The molecule has 1 aliphatic heterocycles. The molecule has 1 N–H and O–H groups in total. The third-order valence-corrected chi connectivity index (χ3v) is 5.65. The molecule has 0 spiro atoms. The summed E-state index contributed by atoms with van der Waals surface area (Å²) in [6, 6.07) is 9.92. The highest BCUT2D eigenvalue weighted by Crippen LogP contribution is 2.21. The van der Waals surface area contributed by atoms with Crippen LogP contribution in [0.4, 0.5) is 0 Å². The van der Waals surface area contributed by atoms with Crippen LogP contribution in [0.3, 0.4) is 0 Å². The van der Waals surface area contributed by atoms with Crippen LogP contribution in [0.2, 0.25) is 0 Å². The molecule has 1 aliphatic rings. The van der Waals surface area contributed by atoms with Gasteiger partial charge in [0.2, 0.25) is 5.91 Å². The highest BCUT2D eigenvalue weighted by molar-refractivity contribution is 7.92. The third-order valence-electron chi connectivity index (χ3n) is 4.15. The summed E-state index contributed by atoms with van der Waals surface area (Å²) in [6.45, 7) is 4.70. The van der Waals surface area contributed by atoms with Gasteiger partial charge in [0.05, 0.1) is 19.3 Å². The predicted octanol–water partition coefficient (Wildman–Crippen LogP) is 0.609. The molecule has 1 amide bonds. The zero-order chi connectivity index (χ0) is 16.9. The second-order valence-electron chi connectivity index (χ2n) is 5.79. The average molecular weight is 340 g/mol. The highest BCUT2D eigenvalue weighted by Gasteiger charge is 2.27. The smallest absolute Gasteiger partial charge is 0.238 e. The van der Waals surface area contributed by atoms with Crippen molar-refractivity contribution in [2.45, 2.75) is 18.2 Å². The Morgan fingerprint density at radius 1 is 1.26 bits per heavy atom. The molecule has 1 fully saturated rings.